The first-order valence-corrected chi connectivity index (χ1v) is 20.4. The summed E-state index contributed by atoms with van der Waals surface area (Å²) < 4.78 is 2.53. The van der Waals surface area contributed by atoms with Gasteiger partial charge in [-0.25, -0.2) is 0 Å². The fourth-order valence-electron chi connectivity index (χ4n) is 10.00. The molecule has 0 saturated carbocycles. The minimum atomic E-state index is -0.152. The van der Waals surface area contributed by atoms with E-state index in [1.807, 2.05) is 0 Å². The maximum Gasteiger partial charge on any atom is 0.210 e. The van der Waals surface area contributed by atoms with Crippen molar-refractivity contribution in [2.24, 2.45) is 0 Å². The first kappa shape index (κ1) is 35.8. The molecule has 6 aromatic rings. The van der Waals surface area contributed by atoms with Gasteiger partial charge in [0, 0.05) is 52.4 Å². The van der Waals surface area contributed by atoms with Crippen molar-refractivity contribution in [2.75, 3.05) is 22.9 Å². The van der Waals surface area contributed by atoms with E-state index in [2.05, 4.69) is 214 Å². The van der Waals surface area contributed by atoms with Gasteiger partial charge in [-0.15, -0.1) is 0 Å². The predicted molar refractivity (Wildman–Crippen MR) is 239 cm³/mol. The molecule has 56 heavy (non-hydrogen) atoms. The van der Waals surface area contributed by atoms with Crippen LogP contribution in [0.1, 0.15) is 65.5 Å². The lowest BCUT2D eigenvalue weighted by Crippen LogP contribution is -2.27. The number of nitrogens with zero attached hydrogens (tertiary/aromatic N) is 3. The smallest absolute Gasteiger partial charge is 0.210 e. The normalized spacial score (nSPS) is 18.6. The average Bonchev–Trinajstić information content (AvgIpc) is 3.80. The zero-order valence-electron chi connectivity index (χ0n) is 33.7. The highest BCUT2D eigenvalue weighted by Gasteiger charge is 2.45. The molecule has 278 valence electrons. The molecular formula is C53H52N3+. The molecule has 0 unspecified atom stereocenters. The number of likely N-dealkylation sites (N-methyl/N-ethyl adjacent to an activating group) is 1. The number of allylic oxidation sites excluding steroid dienone is 7. The SMILES string of the molecule is CCN1/C(=C/C=C2\CCC(/C=C/C3=[N+](CC)c4ccc5ccccc5c4C3(C)C)=C2N(c2ccccc2)c2ccccc2)C(C)(C)c2c1ccc1ccccc21. The van der Waals surface area contributed by atoms with Gasteiger partial charge >= 0.3 is 0 Å². The summed E-state index contributed by atoms with van der Waals surface area (Å²) in [6.45, 7) is 16.0. The van der Waals surface area contributed by atoms with Crippen molar-refractivity contribution in [3.8, 4) is 0 Å². The van der Waals surface area contributed by atoms with E-state index in [4.69, 9.17) is 0 Å². The number of hydrogen-bond acceptors (Lipinski definition) is 2. The third-order valence-corrected chi connectivity index (χ3v) is 12.5. The zero-order chi connectivity index (χ0) is 38.6. The fraction of sp³-hybridized carbons (Fsp3) is 0.226. The maximum absolute atomic E-state index is 2.53. The molecule has 0 saturated heterocycles. The van der Waals surface area contributed by atoms with Crippen molar-refractivity contribution < 1.29 is 4.58 Å². The third kappa shape index (κ3) is 5.67. The van der Waals surface area contributed by atoms with Gasteiger partial charge in [-0.2, -0.15) is 4.58 Å². The number of rotatable bonds is 8. The van der Waals surface area contributed by atoms with Crippen LogP contribution < -0.4 is 9.80 Å². The molecule has 3 heteroatoms. The van der Waals surface area contributed by atoms with Crippen molar-refractivity contribution in [2.45, 2.75) is 65.2 Å². The molecule has 6 aromatic carbocycles. The van der Waals surface area contributed by atoms with Gasteiger partial charge in [0.1, 0.15) is 6.54 Å². The Kier molecular flexibility index (Phi) is 8.92. The Labute approximate surface area is 332 Å². The minimum absolute atomic E-state index is 0.152. The molecule has 0 spiro atoms. The topological polar surface area (TPSA) is 9.49 Å². The molecule has 0 fully saturated rings. The summed E-state index contributed by atoms with van der Waals surface area (Å²) in [5.41, 5.74) is 14.2. The Hall–Kier alpha value is -5.93. The van der Waals surface area contributed by atoms with Crippen molar-refractivity contribution in [3.63, 3.8) is 0 Å². The van der Waals surface area contributed by atoms with Gasteiger partial charge in [0.2, 0.25) is 5.69 Å². The summed E-state index contributed by atoms with van der Waals surface area (Å²) in [6, 6.07) is 48.7. The zero-order valence-corrected chi connectivity index (χ0v) is 33.7. The van der Waals surface area contributed by atoms with Crippen LogP contribution in [-0.4, -0.2) is 23.4 Å². The minimum Gasteiger partial charge on any atom is -0.344 e. The second-order valence-electron chi connectivity index (χ2n) is 16.4. The standard InChI is InChI=1S/C53H52N3/c1-7-54-45-33-29-37-19-15-17-25-43(37)49(45)52(3,4)47(54)35-31-39-27-28-40(51(39)56(41-21-11-9-12-22-41)42-23-13-10-14-24-42)32-36-48-53(5,6)50-44-26-18-16-20-38(44)30-34-46(50)55(48)8-2/h9-26,29-36H,7-8,27-28H2,1-6H3/q+1. The van der Waals surface area contributed by atoms with Crippen molar-refractivity contribution in [1.29, 1.82) is 0 Å². The van der Waals surface area contributed by atoms with E-state index in [1.165, 1.54) is 83.7 Å². The van der Waals surface area contributed by atoms with Crippen LogP contribution in [0, 0.1) is 0 Å². The Morgan fingerprint density at radius 3 is 1.82 bits per heavy atom. The molecule has 1 aliphatic carbocycles. The van der Waals surface area contributed by atoms with Gasteiger partial charge in [-0.05, 0) is 121 Å². The molecule has 2 heterocycles. The number of fused-ring (bicyclic) bond motifs is 6. The third-order valence-electron chi connectivity index (χ3n) is 12.5. The molecule has 0 atom stereocenters. The van der Waals surface area contributed by atoms with Crippen molar-refractivity contribution in [3.05, 3.63) is 191 Å². The molecular weight excluding hydrogens is 679 g/mol. The van der Waals surface area contributed by atoms with Gasteiger partial charge in [0.05, 0.1) is 11.1 Å². The molecule has 3 aliphatic rings. The van der Waals surface area contributed by atoms with Crippen molar-refractivity contribution in [1.82, 2.24) is 0 Å². The molecule has 0 N–H and O–H groups in total. The summed E-state index contributed by atoms with van der Waals surface area (Å²) in [4.78, 5) is 5.02. The Balaban J connectivity index is 1.21. The van der Waals surface area contributed by atoms with Crippen LogP contribution in [0.15, 0.2) is 180 Å². The highest BCUT2D eigenvalue weighted by Crippen LogP contribution is 2.51. The van der Waals surface area contributed by atoms with Crippen LogP contribution in [0.4, 0.5) is 22.7 Å². The summed E-state index contributed by atoms with van der Waals surface area (Å²) in [5.74, 6) is 0. The molecule has 9 rings (SSSR count). The Morgan fingerprint density at radius 2 is 1.20 bits per heavy atom. The van der Waals surface area contributed by atoms with Crippen LogP contribution in [0.2, 0.25) is 0 Å². The van der Waals surface area contributed by atoms with E-state index >= 15 is 0 Å². The van der Waals surface area contributed by atoms with E-state index in [9.17, 15) is 0 Å². The van der Waals surface area contributed by atoms with Crippen LogP contribution in [-0.2, 0) is 10.8 Å². The van der Waals surface area contributed by atoms with E-state index in [0.717, 1.165) is 25.9 Å². The molecule has 2 aliphatic heterocycles. The largest absolute Gasteiger partial charge is 0.344 e. The van der Waals surface area contributed by atoms with Crippen LogP contribution in [0.3, 0.4) is 0 Å². The molecule has 0 radical (unpaired) electrons. The van der Waals surface area contributed by atoms with Gasteiger partial charge in [0.15, 0.2) is 5.71 Å². The van der Waals surface area contributed by atoms with Gasteiger partial charge in [-0.3, -0.25) is 0 Å². The second kappa shape index (κ2) is 14.0. The lowest BCUT2D eigenvalue weighted by molar-refractivity contribution is -0.433. The number of para-hydroxylation sites is 2. The average molecular weight is 731 g/mol. The molecule has 0 amide bonds. The van der Waals surface area contributed by atoms with Crippen molar-refractivity contribution >= 4 is 50.0 Å². The van der Waals surface area contributed by atoms with E-state index in [1.54, 1.807) is 0 Å². The highest BCUT2D eigenvalue weighted by atomic mass is 15.2. The monoisotopic (exact) mass is 730 g/mol. The highest BCUT2D eigenvalue weighted by molar-refractivity contribution is 6.08. The maximum atomic E-state index is 2.53. The number of anilines is 3. The van der Waals surface area contributed by atoms with Crippen LogP contribution in [0.25, 0.3) is 21.5 Å². The second-order valence-corrected chi connectivity index (χ2v) is 16.4. The predicted octanol–water partition coefficient (Wildman–Crippen LogP) is 13.5. The molecule has 0 bridgehead atoms. The first-order valence-electron chi connectivity index (χ1n) is 20.4. The van der Waals surface area contributed by atoms with Gasteiger partial charge < -0.3 is 9.80 Å². The Bertz CT molecular complexity index is 2610. The molecule has 0 aromatic heterocycles. The lowest BCUT2D eigenvalue weighted by Gasteiger charge is -2.29. The number of benzene rings is 6. The van der Waals surface area contributed by atoms with Gasteiger partial charge in [-0.1, -0.05) is 117 Å². The van der Waals surface area contributed by atoms with Gasteiger partial charge in [0.25, 0.3) is 0 Å². The van der Waals surface area contributed by atoms with E-state index < -0.39 is 0 Å². The molecule has 3 nitrogen and oxygen atoms in total. The first-order chi connectivity index (χ1) is 27.2. The summed E-state index contributed by atoms with van der Waals surface area (Å²) in [5, 5.41) is 5.30. The summed E-state index contributed by atoms with van der Waals surface area (Å²) in [6.07, 6.45) is 11.7. The lowest BCUT2D eigenvalue weighted by atomic mass is 9.79. The van der Waals surface area contributed by atoms with E-state index in [0.29, 0.717) is 0 Å². The van der Waals surface area contributed by atoms with E-state index in [-0.39, 0.29) is 10.8 Å². The summed E-state index contributed by atoms with van der Waals surface area (Å²) in [7, 11) is 0. The Morgan fingerprint density at radius 1 is 0.607 bits per heavy atom. The summed E-state index contributed by atoms with van der Waals surface area (Å²) >= 11 is 0. The van der Waals surface area contributed by atoms with Crippen LogP contribution >= 0.6 is 0 Å². The quantitative estimate of drug-likeness (QED) is 0.144. The fourth-order valence-corrected chi connectivity index (χ4v) is 10.00. The number of hydrogen-bond donors (Lipinski definition) is 0. The van der Waals surface area contributed by atoms with Crippen LogP contribution in [0.5, 0.6) is 0 Å².